The summed E-state index contributed by atoms with van der Waals surface area (Å²) in [7, 11) is -1.73. The molecule has 0 unspecified atom stereocenters. The van der Waals surface area contributed by atoms with Crippen molar-refractivity contribution < 1.29 is 4.74 Å². The van der Waals surface area contributed by atoms with Crippen molar-refractivity contribution in [3.8, 4) is 11.5 Å². The SMILES string of the molecule is C=CCc1ccc(P(c2ccccc2)c2ccccc2)c2c1C(C)(C)c1cccc(P(c3ccccc3)c3ccccc3)c1O2. The molecule has 0 N–H and O–H groups in total. The van der Waals surface area contributed by atoms with Gasteiger partial charge in [-0.05, 0) is 55.1 Å². The number of rotatable bonds is 8. The molecule has 7 rings (SSSR count). The Morgan fingerprint density at radius 2 is 0.978 bits per heavy atom. The normalized spacial score (nSPS) is 13.2. The molecule has 0 aliphatic carbocycles. The number of fused-ring (bicyclic) bond motifs is 2. The van der Waals surface area contributed by atoms with Crippen molar-refractivity contribution in [2.75, 3.05) is 0 Å². The van der Waals surface area contributed by atoms with Gasteiger partial charge in [0.2, 0.25) is 0 Å². The van der Waals surface area contributed by atoms with Gasteiger partial charge in [0, 0.05) is 27.2 Å². The summed E-state index contributed by atoms with van der Waals surface area (Å²) in [5.74, 6) is 2.01. The van der Waals surface area contributed by atoms with Gasteiger partial charge in [0.05, 0.1) is 0 Å². The maximum absolute atomic E-state index is 7.41. The van der Waals surface area contributed by atoms with E-state index in [9.17, 15) is 0 Å². The van der Waals surface area contributed by atoms with E-state index < -0.39 is 15.8 Å². The molecule has 0 fully saturated rings. The van der Waals surface area contributed by atoms with Gasteiger partial charge < -0.3 is 4.74 Å². The van der Waals surface area contributed by atoms with Crippen molar-refractivity contribution in [3.63, 3.8) is 0 Å². The van der Waals surface area contributed by atoms with Crippen LogP contribution >= 0.6 is 15.8 Å². The van der Waals surface area contributed by atoms with Crippen LogP contribution in [0.3, 0.4) is 0 Å². The van der Waals surface area contributed by atoms with E-state index in [2.05, 4.69) is 172 Å². The topological polar surface area (TPSA) is 9.23 Å². The van der Waals surface area contributed by atoms with Crippen molar-refractivity contribution in [2.24, 2.45) is 0 Å². The second kappa shape index (κ2) is 12.6. The lowest BCUT2D eigenvalue weighted by Gasteiger charge is -2.40. The van der Waals surface area contributed by atoms with Crippen LogP contribution in [0.25, 0.3) is 0 Å². The van der Waals surface area contributed by atoms with Gasteiger partial charge in [-0.25, -0.2) is 0 Å². The molecular formula is C42H36OP2. The highest BCUT2D eigenvalue weighted by Gasteiger charge is 2.40. The first-order chi connectivity index (χ1) is 22.1. The molecular weight excluding hydrogens is 582 g/mol. The van der Waals surface area contributed by atoms with Crippen LogP contribution in [0.1, 0.15) is 30.5 Å². The molecule has 0 aromatic heterocycles. The quantitative estimate of drug-likeness (QED) is 0.123. The second-order valence-corrected chi connectivity index (χ2v) is 16.2. The summed E-state index contributed by atoms with van der Waals surface area (Å²) in [5, 5.41) is 7.76. The van der Waals surface area contributed by atoms with E-state index in [0.29, 0.717) is 0 Å². The Kier molecular flexibility index (Phi) is 8.25. The van der Waals surface area contributed by atoms with Gasteiger partial charge in [-0.3, -0.25) is 0 Å². The number of hydrogen-bond acceptors (Lipinski definition) is 1. The van der Waals surface area contributed by atoms with Crippen molar-refractivity contribution in [3.05, 3.63) is 181 Å². The highest BCUT2D eigenvalue weighted by Crippen LogP contribution is 2.53. The Balaban J connectivity index is 1.50. The fraction of sp³-hybridized carbons (Fsp3) is 0.0952. The standard InChI is InChI=1S/C42H36OP2/c1-4-18-31-29-30-38(45(34-23-13-7-14-24-34)35-25-15-8-16-26-35)41-39(31)42(2,3)36-27-17-28-37(40(36)43-41)44(32-19-9-5-10-20-32)33-21-11-6-12-22-33/h4-17,19-30H,1,18H2,2-3H3. The van der Waals surface area contributed by atoms with Gasteiger partial charge in [-0.15, -0.1) is 6.58 Å². The molecule has 0 radical (unpaired) electrons. The van der Waals surface area contributed by atoms with Gasteiger partial charge >= 0.3 is 0 Å². The number of hydrogen-bond donors (Lipinski definition) is 0. The fourth-order valence-corrected chi connectivity index (χ4v) is 11.4. The molecule has 6 aromatic rings. The lowest BCUT2D eigenvalue weighted by Crippen LogP contribution is -2.34. The van der Waals surface area contributed by atoms with Gasteiger partial charge in [-0.2, -0.15) is 0 Å². The van der Waals surface area contributed by atoms with E-state index in [4.69, 9.17) is 4.74 Å². The molecule has 0 saturated carbocycles. The van der Waals surface area contributed by atoms with Gasteiger partial charge in [-0.1, -0.05) is 166 Å². The predicted molar refractivity (Wildman–Crippen MR) is 196 cm³/mol. The minimum atomic E-state index is -0.871. The molecule has 3 heteroatoms. The third-order valence-corrected chi connectivity index (χ3v) is 13.5. The Bertz CT molecular complexity index is 1860. The average Bonchev–Trinajstić information content (AvgIpc) is 3.08. The van der Waals surface area contributed by atoms with Gasteiger partial charge in [0.15, 0.2) is 0 Å². The molecule has 1 nitrogen and oxygen atoms in total. The van der Waals surface area contributed by atoms with Crippen LogP contribution in [-0.2, 0) is 11.8 Å². The van der Waals surface area contributed by atoms with Crippen molar-refractivity contribution in [1.82, 2.24) is 0 Å². The van der Waals surface area contributed by atoms with Crippen molar-refractivity contribution in [1.29, 1.82) is 0 Å². The smallest absolute Gasteiger partial charge is 0.140 e. The first-order valence-electron chi connectivity index (χ1n) is 15.5. The number of ether oxygens (including phenoxy) is 1. The first-order valence-corrected chi connectivity index (χ1v) is 18.2. The molecule has 1 aliphatic rings. The second-order valence-electron chi connectivity index (χ2n) is 11.8. The summed E-state index contributed by atoms with van der Waals surface area (Å²) in [4.78, 5) is 0. The molecule has 0 bridgehead atoms. The maximum atomic E-state index is 7.41. The molecule has 45 heavy (non-hydrogen) atoms. The fourth-order valence-electron chi connectivity index (χ4n) is 6.60. The van der Waals surface area contributed by atoms with E-state index in [-0.39, 0.29) is 5.41 Å². The monoisotopic (exact) mass is 618 g/mol. The molecule has 1 heterocycles. The zero-order chi connectivity index (χ0) is 30.8. The summed E-state index contributed by atoms with van der Waals surface area (Å²) in [6, 6.07) is 55.1. The Labute approximate surface area is 269 Å². The zero-order valence-corrected chi connectivity index (χ0v) is 27.5. The summed E-state index contributed by atoms with van der Waals surface area (Å²) in [5.41, 5.74) is 3.50. The summed E-state index contributed by atoms with van der Waals surface area (Å²) in [6.45, 7) is 8.86. The molecule has 0 atom stereocenters. The third kappa shape index (κ3) is 5.46. The number of allylic oxidation sites excluding steroid dienone is 1. The van der Waals surface area contributed by atoms with E-state index >= 15 is 0 Å². The maximum Gasteiger partial charge on any atom is 0.140 e. The number of benzene rings is 6. The number of para-hydroxylation sites is 1. The minimum absolute atomic E-state index is 0.282. The third-order valence-electron chi connectivity index (χ3n) is 8.62. The Morgan fingerprint density at radius 3 is 1.42 bits per heavy atom. The van der Waals surface area contributed by atoms with Gasteiger partial charge in [0.25, 0.3) is 0 Å². The summed E-state index contributed by atoms with van der Waals surface area (Å²) >= 11 is 0. The van der Waals surface area contributed by atoms with Crippen LogP contribution in [0, 0.1) is 0 Å². The van der Waals surface area contributed by atoms with Crippen LogP contribution in [0.15, 0.2) is 164 Å². The lowest BCUT2D eigenvalue weighted by molar-refractivity contribution is 0.423. The van der Waals surface area contributed by atoms with Crippen molar-refractivity contribution >= 4 is 47.7 Å². The van der Waals surface area contributed by atoms with Crippen LogP contribution in [0.2, 0.25) is 0 Å². The van der Waals surface area contributed by atoms with E-state index in [0.717, 1.165) is 17.9 Å². The minimum Gasteiger partial charge on any atom is -0.455 e. The average molecular weight is 619 g/mol. The molecule has 0 amide bonds. The largest absolute Gasteiger partial charge is 0.455 e. The highest BCUT2D eigenvalue weighted by molar-refractivity contribution is 7.80. The predicted octanol–water partition coefficient (Wildman–Crippen LogP) is 8.36. The Morgan fingerprint density at radius 1 is 0.533 bits per heavy atom. The van der Waals surface area contributed by atoms with E-state index in [1.807, 2.05) is 6.08 Å². The molecule has 6 aromatic carbocycles. The van der Waals surface area contributed by atoms with E-state index in [1.165, 1.54) is 48.5 Å². The summed E-state index contributed by atoms with van der Waals surface area (Å²) < 4.78 is 7.41. The van der Waals surface area contributed by atoms with Gasteiger partial charge in [0.1, 0.15) is 11.5 Å². The highest BCUT2D eigenvalue weighted by atomic mass is 31.1. The molecule has 0 spiro atoms. The van der Waals surface area contributed by atoms with Crippen LogP contribution < -0.4 is 36.6 Å². The first kappa shape index (κ1) is 29.4. The summed E-state index contributed by atoms with van der Waals surface area (Å²) in [6.07, 6.45) is 2.80. The zero-order valence-electron chi connectivity index (χ0n) is 25.7. The Hall–Kier alpha value is -4.28. The molecule has 1 aliphatic heterocycles. The molecule has 220 valence electrons. The lowest BCUT2D eigenvalue weighted by atomic mass is 9.73. The van der Waals surface area contributed by atoms with Crippen LogP contribution in [0.4, 0.5) is 0 Å². The van der Waals surface area contributed by atoms with Crippen LogP contribution in [-0.4, -0.2) is 0 Å². The molecule has 0 saturated heterocycles. The van der Waals surface area contributed by atoms with E-state index in [1.54, 1.807) is 0 Å². The van der Waals surface area contributed by atoms with Crippen molar-refractivity contribution in [2.45, 2.75) is 25.7 Å². The van der Waals surface area contributed by atoms with Crippen LogP contribution in [0.5, 0.6) is 11.5 Å².